The average Bonchev–Trinajstić information content (AvgIpc) is 2.61. The number of benzene rings is 1. The molecule has 0 saturated heterocycles. The van der Waals surface area contributed by atoms with Crippen LogP contribution < -0.4 is 5.14 Å². The Balaban J connectivity index is 2.55. The molecule has 0 aliphatic heterocycles. The molecule has 1 aromatic carbocycles. The van der Waals surface area contributed by atoms with E-state index in [4.69, 9.17) is 5.14 Å². The fourth-order valence-corrected chi connectivity index (χ4v) is 2.56. The minimum atomic E-state index is -0.0936. The predicted octanol–water partition coefficient (Wildman–Crippen LogP) is 3.14. The van der Waals surface area contributed by atoms with E-state index in [9.17, 15) is 0 Å². The maximum absolute atomic E-state index is 5.64. The lowest BCUT2D eigenvalue weighted by molar-refractivity contribution is 0.776. The molecule has 2 rings (SSSR count). The highest BCUT2D eigenvalue weighted by molar-refractivity contribution is 7.98. The topological polar surface area (TPSA) is 38.9 Å². The van der Waals surface area contributed by atoms with Crippen molar-refractivity contribution in [3.8, 4) is 0 Å². The lowest BCUT2D eigenvalue weighted by atomic mass is 10.2. The number of hydrogen-bond acceptors (Lipinski definition) is 4. The average molecular weight is 224 g/mol. The summed E-state index contributed by atoms with van der Waals surface area (Å²) in [6.07, 6.45) is 0. The maximum atomic E-state index is 5.64. The summed E-state index contributed by atoms with van der Waals surface area (Å²) >= 11 is 3.06. The molecule has 0 bridgehead atoms. The van der Waals surface area contributed by atoms with Gasteiger partial charge in [-0.2, -0.15) is 0 Å². The third-order valence-corrected chi connectivity index (χ3v) is 4.38. The van der Waals surface area contributed by atoms with Crippen LogP contribution in [0.5, 0.6) is 0 Å². The monoisotopic (exact) mass is 224 g/mol. The molecule has 0 amide bonds. The SMILES string of the molecule is CC(C)(SN)c1nc2ccccc2s1. The van der Waals surface area contributed by atoms with E-state index in [0.29, 0.717) is 0 Å². The van der Waals surface area contributed by atoms with Crippen molar-refractivity contribution in [2.75, 3.05) is 0 Å². The van der Waals surface area contributed by atoms with Gasteiger partial charge < -0.3 is 0 Å². The first kappa shape index (κ1) is 9.96. The van der Waals surface area contributed by atoms with Crippen molar-refractivity contribution in [2.24, 2.45) is 5.14 Å². The van der Waals surface area contributed by atoms with Gasteiger partial charge in [0.1, 0.15) is 5.01 Å². The number of para-hydroxylation sites is 1. The zero-order chi connectivity index (χ0) is 10.2. The van der Waals surface area contributed by atoms with Crippen molar-refractivity contribution in [3.05, 3.63) is 29.3 Å². The molecule has 1 aromatic heterocycles. The van der Waals surface area contributed by atoms with Gasteiger partial charge in [0, 0.05) is 0 Å². The third kappa shape index (κ3) is 1.65. The van der Waals surface area contributed by atoms with Crippen molar-refractivity contribution in [3.63, 3.8) is 0 Å². The van der Waals surface area contributed by atoms with E-state index in [0.717, 1.165) is 10.5 Å². The Hall–Kier alpha value is -0.580. The molecule has 14 heavy (non-hydrogen) atoms. The van der Waals surface area contributed by atoms with Crippen LogP contribution >= 0.6 is 23.3 Å². The summed E-state index contributed by atoms with van der Waals surface area (Å²) < 4.78 is 1.13. The minimum absolute atomic E-state index is 0.0936. The van der Waals surface area contributed by atoms with Gasteiger partial charge in [-0.05, 0) is 26.0 Å². The number of aromatic nitrogens is 1. The Bertz CT molecular complexity index is 415. The van der Waals surface area contributed by atoms with Crippen LogP contribution in [0.1, 0.15) is 18.9 Å². The molecule has 0 saturated carbocycles. The molecule has 0 atom stereocenters. The molecule has 0 aliphatic carbocycles. The second kappa shape index (κ2) is 3.53. The zero-order valence-electron chi connectivity index (χ0n) is 8.15. The Morgan fingerprint density at radius 1 is 1.36 bits per heavy atom. The van der Waals surface area contributed by atoms with Gasteiger partial charge in [-0.15, -0.1) is 11.3 Å². The lowest BCUT2D eigenvalue weighted by Crippen LogP contribution is -2.13. The Morgan fingerprint density at radius 2 is 2.07 bits per heavy atom. The molecule has 0 fully saturated rings. The summed E-state index contributed by atoms with van der Waals surface area (Å²) in [7, 11) is 0. The van der Waals surface area contributed by atoms with Crippen LogP contribution in [0.4, 0.5) is 0 Å². The third-order valence-electron chi connectivity index (χ3n) is 2.10. The van der Waals surface area contributed by atoms with Gasteiger partial charge >= 0.3 is 0 Å². The Kier molecular flexibility index (Phi) is 2.51. The van der Waals surface area contributed by atoms with Crippen LogP contribution in [0.25, 0.3) is 10.2 Å². The van der Waals surface area contributed by atoms with E-state index in [1.807, 2.05) is 18.2 Å². The smallest absolute Gasteiger partial charge is 0.111 e. The van der Waals surface area contributed by atoms with E-state index in [1.54, 1.807) is 11.3 Å². The normalized spacial score (nSPS) is 12.2. The van der Waals surface area contributed by atoms with Crippen LogP contribution in [0.15, 0.2) is 24.3 Å². The summed E-state index contributed by atoms with van der Waals surface area (Å²) in [5.41, 5.74) is 1.06. The van der Waals surface area contributed by atoms with Crippen LogP contribution in [0, 0.1) is 0 Å². The van der Waals surface area contributed by atoms with Gasteiger partial charge in [-0.25, -0.2) is 4.98 Å². The molecule has 0 aliphatic rings. The van der Waals surface area contributed by atoms with E-state index in [-0.39, 0.29) is 4.75 Å². The summed E-state index contributed by atoms with van der Waals surface area (Å²) in [6.45, 7) is 4.19. The highest BCUT2D eigenvalue weighted by Crippen LogP contribution is 2.36. The molecular formula is C10H12N2S2. The number of fused-ring (bicyclic) bond motifs is 1. The number of rotatable bonds is 2. The molecule has 0 radical (unpaired) electrons. The van der Waals surface area contributed by atoms with Crippen LogP contribution in [0.2, 0.25) is 0 Å². The van der Waals surface area contributed by atoms with Crippen LogP contribution in [-0.4, -0.2) is 4.98 Å². The Morgan fingerprint density at radius 3 is 2.71 bits per heavy atom. The summed E-state index contributed by atoms with van der Waals surface area (Å²) in [5.74, 6) is 0. The highest BCUT2D eigenvalue weighted by Gasteiger charge is 2.23. The molecule has 74 valence electrons. The van der Waals surface area contributed by atoms with E-state index in [2.05, 4.69) is 24.9 Å². The van der Waals surface area contributed by atoms with Crippen molar-refractivity contribution in [2.45, 2.75) is 18.6 Å². The summed E-state index contributed by atoms with van der Waals surface area (Å²) in [4.78, 5) is 4.57. The van der Waals surface area contributed by atoms with Gasteiger partial charge in [-0.3, -0.25) is 5.14 Å². The first-order valence-corrected chi connectivity index (χ1v) is 6.07. The Labute approximate surface area is 91.7 Å². The standard InChI is InChI=1S/C10H12N2S2/c1-10(2,14-11)9-12-7-5-3-4-6-8(7)13-9/h3-6H,11H2,1-2H3. The molecule has 0 spiro atoms. The fraction of sp³-hybridized carbons (Fsp3) is 0.300. The largest absolute Gasteiger partial charge is 0.277 e. The molecule has 0 unspecified atom stereocenters. The second-order valence-corrected chi connectivity index (χ2v) is 5.90. The van der Waals surface area contributed by atoms with Gasteiger partial charge in [-0.1, -0.05) is 24.1 Å². The van der Waals surface area contributed by atoms with Crippen LogP contribution in [0.3, 0.4) is 0 Å². The minimum Gasteiger partial charge on any atom is -0.277 e. The first-order chi connectivity index (χ1) is 6.63. The number of thiazole rings is 1. The van der Waals surface area contributed by atoms with Crippen molar-refractivity contribution >= 4 is 33.5 Å². The maximum Gasteiger partial charge on any atom is 0.111 e. The van der Waals surface area contributed by atoms with Gasteiger partial charge in [0.25, 0.3) is 0 Å². The summed E-state index contributed by atoms with van der Waals surface area (Å²) in [6, 6.07) is 8.17. The first-order valence-electron chi connectivity index (χ1n) is 4.37. The van der Waals surface area contributed by atoms with Gasteiger partial charge in [0.05, 0.1) is 15.0 Å². The van der Waals surface area contributed by atoms with Crippen LogP contribution in [-0.2, 0) is 4.75 Å². The van der Waals surface area contributed by atoms with Crippen molar-refractivity contribution in [1.29, 1.82) is 0 Å². The quantitative estimate of drug-likeness (QED) is 0.796. The number of nitrogens with two attached hydrogens (primary N) is 1. The lowest BCUT2D eigenvalue weighted by Gasteiger charge is -2.17. The van der Waals surface area contributed by atoms with Gasteiger partial charge in [0.15, 0.2) is 0 Å². The van der Waals surface area contributed by atoms with E-state index in [1.165, 1.54) is 16.6 Å². The van der Waals surface area contributed by atoms with Crippen molar-refractivity contribution in [1.82, 2.24) is 4.98 Å². The molecule has 2 aromatic rings. The predicted molar refractivity (Wildman–Crippen MR) is 64.4 cm³/mol. The molecule has 2 nitrogen and oxygen atoms in total. The fourth-order valence-electron chi connectivity index (χ4n) is 1.18. The second-order valence-electron chi connectivity index (χ2n) is 3.61. The van der Waals surface area contributed by atoms with E-state index < -0.39 is 0 Å². The molecule has 1 heterocycles. The molecule has 2 N–H and O–H groups in total. The molecule has 4 heteroatoms. The van der Waals surface area contributed by atoms with Crippen molar-refractivity contribution < 1.29 is 0 Å². The summed E-state index contributed by atoms with van der Waals surface area (Å²) in [5, 5.41) is 6.73. The van der Waals surface area contributed by atoms with E-state index >= 15 is 0 Å². The zero-order valence-corrected chi connectivity index (χ0v) is 9.78. The molecular weight excluding hydrogens is 212 g/mol. The number of nitrogens with zero attached hydrogens (tertiary/aromatic N) is 1. The number of hydrogen-bond donors (Lipinski definition) is 1. The van der Waals surface area contributed by atoms with Gasteiger partial charge in [0.2, 0.25) is 0 Å². The highest BCUT2D eigenvalue weighted by atomic mass is 32.2.